The van der Waals surface area contributed by atoms with E-state index in [0.717, 1.165) is 5.01 Å². The van der Waals surface area contributed by atoms with Gasteiger partial charge in [0.15, 0.2) is 0 Å². The quantitative estimate of drug-likeness (QED) is 0.814. The molecular weight excluding hydrogens is 212 g/mol. The van der Waals surface area contributed by atoms with Crippen molar-refractivity contribution in [3.8, 4) is 0 Å². The molecule has 0 aliphatic carbocycles. The Morgan fingerprint density at radius 1 is 1.67 bits per heavy atom. The summed E-state index contributed by atoms with van der Waals surface area (Å²) in [6.07, 6.45) is -0.506. The highest BCUT2D eigenvalue weighted by Gasteiger charge is 2.13. The second-order valence-corrected chi connectivity index (χ2v) is 4.84. The van der Waals surface area contributed by atoms with Crippen molar-refractivity contribution in [3.05, 3.63) is 16.1 Å². The van der Waals surface area contributed by atoms with Gasteiger partial charge in [-0.25, -0.2) is 4.98 Å². The summed E-state index contributed by atoms with van der Waals surface area (Å²) in [5, 5.41) is 14.7. The predicted molar refractivity (Wildman–Crippen MR) is 60.0 cm³/mol. The molecular formula is C10H16N2O2S. The van der Waals surface area contributed by atoms with Crippen LogP contribution >= 0.6 is 11.3 Å². The molecule has 4 nitrogen and oxygen atoms in total. The van der Waals surface area contributed by atoms with Crippen molar-refractivity contribution in [2.24, 2.45) is 5.92 Å². The summed E-state index contributed by atoms with van der Waals surface area (Å²) >= 11 is 1.44. The Balaban J connectivity index is 2.43. The SMILES string of the molecule is Cc1nc(C(=O)NCC(O)C(C)C)cs1. The van der Waals surface area contributed by atoms with Crippen LogP contribution < -0.4 is 5.32 Å². The van der Waals surface area contributed by atoms with Crippen LogP contribution in [0.2, 0.25) is 0 Å². The van der Waals surface area contributed by atoms with Crippen molar-refractivity contribution in [2.45, 2.75) is 26.9 Å². The molecule has 1 atom stereocenters. The number of aliphatic hydroxyl groups is 1. The molecule has 1 aromatic heterocycles. The highest BCUT2D eigenvalue weighted by molar-refractivity contribution is 7.09. The third-order valence-corrected chi connectivity index (χ3v) is 2.87. The van der Waals surface area contributed by atoms with Crippen molar-refractivity contribution in [2.75, 3.05) is 6.54 Å². The van der Waals surface area contributed by atoms with Crippen LogP contribution in [0.3, 0.4) is 0 Å². The van der Waals surface area contributed by atoms with Crippen LogP contribution in [0, 0.1) is 12.8 Å². The summed E-state index contributed by atoms with van der Waals surface area (Å²) in [5.74, 6) is -0.0819. The molecule has 0 fully saturated rings. The lowest BCUT2D eigenvalue weighted by atomic mass is 10.1. The number of nitrogens with zero attached hydrogens (tertiary/aromatic N) is 1. The van der Waals surface area contributed by atoms with Crippen LogP contribution in [-0.2, 0) is 0 Å². The van der Waals surface area contributed by atoms with E-state index in [9.17, 15) is 9.90 Å². The third-order valence-electron chi connectivity index (χ3n) is 2.09. The fourth-order valence-electron chi connectivity index (χ4n) is 0.991. The lowest BCUT2D eigenvalue weighted by molar-refractivity contribution is 0.0867. The number of rotatable bonds is 4. The van der Waals surface area contributed by atoms with E-state index in [4.69, 9.17) is 0 Å². The van der Waals surface area contributed by atoms with E-state index in [-0.39, 0.29) is 18.4 Å². The maximum absolute atomic E-state index is 11.5. The van der Waals surface area contributed by atoms with Gasteiger partial charge in [0.05, 0.1) is 11.1 Å². The van der Waals surface area contributed by atoms with Gasteiger partial charge in [0, 0.05) is 11.9 Å². The normalized spacial score (nSPS) is 12.9. The van der Waals surface area contributed by atoms with Crippen LogP contribution in [0.4, 0.5) is 0 Å². The molecule has 15 heavy (non-hydrogen) atoms. The molecule has 1 aromatic rings. The molecule has 0 aromatic carbocycles. The van der Waals surface area contributed by atoms with Gasteiger partial charge >= 0.3 is 0 Å². The van der Waals surface area contributed by atoms with Crippen molar-refractivity contribution in [3.63, 3.8) is 0 Å². The van der Waals surface area contributed by atoms with E-state index < -0.39 is 6.10 Å². The van der Waals surface area contributed by atoms with Gasteiger partial charge in [-0.1, -0.05) is 13.8 Å². The number of aryl methyl sites for hydroxylation is 1. The van der Waals surface area contributed by atoms with E-state index in [1.54, 1.807) is 5.38 Å². The van der Waals surface area contributed by atoms with Crippen molar-refractivity contribution >= 4 is 17.2 Å². The number of amides is 1. The van der Waals surface area contributed by atoms with Crippen LogP contribution in [0.25, 0.3) is 0 Å². The lowest BCUT2D eigenvalue weighted by Crippen LogP contribution is -2.34. The number of carbonyl (C=O) groups is 1. The van der Waals surface area contributed by atoms with Gasteiger partial charge in [-0.2, -0.15) is 0 Å². The Labute approximate surface area is 93.4 Å². The van der Waals surface area contributed by atoms with E-state index in [0.29, 0.717) is 5.69 Å². The van der Waals surface area contributed by atoms with E-state index in [2.05, 4.69) is 10.3 Å². The highest BCUT2D eigenvalue weighted by atomic mass is 32.1. The fraction of sp³-hybridized carbons (Fsp3) is 0.600. The number of hydrogen-bond acceptors (Lipinski definition) is 4. The molecule has 0 spiro atoms. The second-order valence-electron chi connectivity index (χ2n) is 3.77. The standard InChI is InChI=1S/C10H16N2O2S/c1-6(2)9(13)4-11-10(14)8-5-15-7(3)12-8/h5-6,9,13H,4H2,1-3H3,(H,11,14). The van der Waals surface area contributed by atoms with E-state index in [1.165, 1.54) is 11.3 Å². The Bertz CT molecular complexity index is 336. The first kappa shape index (κ1) is 12.1. The zero-order valence-electron chi connectivity index (χ0n) is 9.15. The average Bonchev–Trinajstić information content (AvgIpc) is 2.60. The number of hydrogen-bond donors (Lipinski definition) is 2. The maximum Gasteiger partial charge on any atom is 0.270 e. The number of carbonyl (C=O) groups excluding carboxylic acids is 1. The first-order valence-electron chi connectivity index (χ1n) is 4.89. The minimum absolute atomic E-state index is 0.141. The Morgan fingerprint density at radius 2 is 2.33 bits per heavy atom. The third kappa shape index (κ3) is 3.60. The minimum atomic E-state index is -0.506. The molecule has 0 saturated heterocycles. The molecule has 1 heterocycles. The molecule has 0 radical (unpaired) electrons. The first-order valence-corrected chi connectivity index (χ1v) is 5.77. The van der Waals surface area contributed by atoms with Crippen LogP contribution in [0.5, 0.6) is 0 Å². The number of aliphatic hydroxyl groups excluding tert-OH is 1. The Kier molecular flexibility index (Phi) is 4.23. The molecule has 0 saturated carbocycles. The molecule has 0 aliphatic rings. The van der Waals surface area contributed by atoms with Crippen molar-refractivity contribution in [1.82, 2.24) is 10.3 Å². The van der Waals surface area contributed by atoms with Crippen LogP contribution in [0.15, 0.2) is 5.38 Å². The second kappa shape index (κ2) is 5.23. The molecule has 1 rings (SSSR count). The van der Waals surface area contributed by atoms with Crippen LogP contribution in [-0.4, -0.2) is 28.6 Å². The zero-order chi connectivity index (χ0) is 11.4. The minimum Gasteiger partial charge on any atom is -0.391 e. The highest BCUT2D eigenvalue weighted by Crippen LogP contribution is 2.07. The molecule has 0 aliphatic heterocycles. The van der Waals surface area contributed by atoms with Gasteiger partial charge in [0.1, 0.15) is 5.69 Å². The molecule has 2 N–H and O–H groups in total. The summed E-state index contributed by atoms with van der Waals surface area (Å²) in [6, 6.07) is 0. The number of nitrogens with one attached hydrogen (secondary N) is 1. The van der Waals surface area contributed by atoms with Gasteiger partial charge in [-0.3, -0.25) is 4.79 Å². The topological polar surface area (TPSA) is 62.2 Å². The summed E-state index contributed by atoms with van der Waals surface area (Å²) in [5.41, 5.74) is 0.424. The number of aromatic nitrogens is 1. The van der Waals surface area contributed by atoms with Crippen molar-refractivity contribution in [1.29, 1.82) is 0 Å². The molecule has 0 bridgehead atoms. The summed E-state index contributed by atoms with van der Waals surface area (Å²) < 4.78 is 0. The van der Waals surface area contributed by atoms with E-state index >= 15 is 0 Å². The summed E-state index contributed by atoms with van der Waals surface area (Å²) in [6.45, 7) is 5.94. The van der Waals surface area contributed by atoms with Gasteiger partial charge < -0.3 is 10.4 Å². The Hall–Kier alpha value is -0.940. The lowest BCUT2D eigenvalue weighted by Gasteiger charge is -2.14. The van der Waals surface area contributed by atoms with Gasteiger partial charge in [0.2, 0.25) is 0 Å². The van der Waals surface area contributed by atoms with Crippen LogP contribution in [0.1, 0.15) is 29.3 Å². The number of thiazole rings is 1. The summed E-state index contributed by atoms with van der Waals surface area (Å²) in [7, 11) is 0. The first-order chi connectivity index (χ1) is 7.00. The van der Waals surface area contributed by atoms with Gasteiger partial charge in [-0.05, 0) is 12.8 Å². The maximum atomic E-state index is 11.5. The average molecular weight is 228 g/mol. The Morgan fingerprint density at radius 3 is 2.80 bits per heavy atom. The van der Waals surface area contributed by atoms with Gasteiger partial charge in [0.25, 0.3) is 5.91 Å². The molecule has 84 valence electrons. The van der Waals surface area contributed by atoms with Crippen molar-refractivity contribution < 1.29 is 9.90 Å². The molecule has 1 amide bonds. The predicted octanol–water partition coefficient (Wildman–Crippen LogP) is 1.20. The molecule has 5 heteroatoms. The monoisotopic (exact) mass is 228 g/mol. The smallest absolute Gasteiger partial charge is 0.270 e. The molecule has 1 unspecified atom stereocenters. The fourth-order valence-corrected chi connectivity index (χ4v) is 1.58. The zero-order valence-corrected chi connectivity index (χ0v) is 9.97. The van der Waals surface area contributed by atoms with E-state index in [1.807, 2.05) is 20.8 Å². The largest absolute Gasteiger partial charge is 0.391 e. The van der Waals surface area contributed by atoms with Gasteiger partial charge in [-0.15, -0.1) is 11.3 Å². The summed E-state index contributed by atoms with van der Waals surface area (Å²) in [4.78, 5) is 15.6.